The van der Waals surface area contributed by atoms with Crippen LogP contribution in [0.25, 0.3) is 0 Å². The van der Waals surface area contributed by atoms with Crippen molar-refractivity contribution < 1.29 is 9.47 Å². The molecule has 1 saturated heterocycles. The lowest BCUT2D eigenvalue weighted by Crippen LogP contribution is -2.35. The molecule has 0 unspecified atom stereocenters. The van der Waals surface area contributed by atoms with Crippen LogP contribution in [0.5, 0.6) is 11.5 Å². The number of likely N-dealkylation sites (tertiary alicyclic amines) is 1. The van der Waals surface area contributed by atoms with Crippen molar-refractivity contribution in [2.75, 3.05) is 33.4 Å². The summed E-state index contributed by atoms with van der Waals surface area (Å²) in [6.07, 6.45) is 4.79. The summed E-state index contributed by atoms with van der Waals surface area (Å²) in [6, 6.07) is 18.5. The maximum Gasteiger partial charge on any atom is 0.122 e. The van der Waals surface area contributed by atoms with Gasteiger partial charge in [-0.15, -0.1) is 0 Å². The van der Waals surface area contributed by atoms with Gasteiger partial charge in [-0.3, -0.25) is 0 Å². The van der Waals surface area contributed by atoms with Crippen LogP contribution in [0.3, 0.4) is 0 Å². The first-order valence-electron chi connectivity index (χ1n) is 9.37. The maximum atomic E-state index is 5.84. The van der Waals surface area contributed by atoms with E-state index in [4.69, 9.17) is 9.47 Å². The Morgan fingerprint density at radius 3 is 2.44 bits per heavy atom. The summed E-state index contributed by atoms with van der Waals surface area (Å²) in [5, 5.41) is 0. The summed E-state index contributed by atoms with van der Waals surface area (Å²) >= 11 is 0. The van der Waals surface area contributed by atoms with E-state index in [0.717, 1.165) is 43.4 Å². The van der Waals surface area contributed by atoms with E-state index in [2.05, 4.69) is 17.0 Å². The highest BCUT2D eigenvalue weighted by molar-refractivity contribution is 5.33. The summed E-state index contributed by atoms with van der Waals surface area (Å²) in [4.78, 5) is 2.58. The second-order valence-electron chi connectivity index (χ2n) is 6.80. The van der Waals surface area contributed by atoms with E-state index in [-0.39, 0.29) is 0 Å². The molecule has 1 aliphatic rings. The predicted molar refractivity (Wildman–Crippen MR) is 102 cm³/mol. The van der Waals surface area contributed by atoms with Gasteiger partial charge in [-0.1, -0.05) is 36.4 Å². The van der Waals surface area contributed by atoms with Gasteiger partial charge in [0.1, 0.15) is 11.5 Å². The molecule has 0 aliphatic carbocycles. The highest BCUT2D eigenvalue weighted by atomic mass is 16.5. The Balaban J connectivity index is 1.34. The summed E-state index contributed by atoms with van der Waals surface area (Å²) < 4.78 is 11.3. The summed E-state index contributed by atoms with van der Waals surface area (Å²) in [7, 11) is 1.75. The van der Waals surface area contributed by atoms with Crippen molar-refractivity contribution in [3.63, 3.8) is 0 Å². The molecule has 0 radical (unpaired) electrons. The smallest absolute Gasteiger partial charge is 0.122 e. The minimum absolute atomic E-state index is 0.797. The predicted octanol–water partition coefficient (Wildman–Crippen LogP) is 4.42. The van der Waals surface area contributed by atoms with Crippen LogP contribution >= 0.6 is 0 Å². The second-order valence-corrected chi connectivity index (χ2v) is 6.80. The monoisotopic (exact) mass is 339 g/mol. The Bertz CT molecular complexity index is 621. The lowest BCUT2D eigenvalue weighted by Gasteiger charge is -2.32. The van der Waals surface area contributed by atoms with Gasteiger partial charge in [0, 0.05) is 6.54 Å². The average Bonchev–Trinajstić information content (AvgIpc) is 2.68. The molecule has 2 aromatic rings. The average molecular weight is 339 g/mol. The van der Waals surface area contributed by atoms with E-state index in [9.17, 15) is 0 Å². The fraction of sp³-hybridized carbons (Fsp3) is 0.455. The van der Waals surface area contributed by atoms with E-state index in [0.29, 0.717) is 0 Å². The van der Waals surface area contributed by atoms with Crippen molar-refractivity contribution >= 4 is 0 Å². The number of hydrogen-bond acceptors (Lipinski definition) is 3. The molecule has 25 heavy (non-hydrogen) atoms. The van der Waals surface area contributed by atoms with Gasteiger partial charge in [-0.25, -0.2) is 0 Å². The SMILES string of the molecule is COc1ccccc1CCN1CCC(CCOc2ccccc2)CC1. The van der Waals surface area contributed by atoms with E-state index in [1.165, 1.54) is 31.5 Å². The summed E-state index contributed by atoms with van der Waals surface area (Å²) in [5.74, 6) is 2.79. The molecule has 1 aliphatic heterocycles. The lowest BCUT2D eigenvalue weighted by atomic mass is 9.93. The fourth-order valence-corrected chi connectivity index (χ4v) is 3.55. The Morgan fingerprint density at radius 2 is 1.68 bits per heavy atom. The van der Waals surface area contributed by atoms with Gasteiger partial charge in [-0.2, -0.15) is 0 Å². The van der Waals surface area contributed by atoms with Crippen LogP contribution in [0.4, 0.5) is 0 Å². The van der Waals surface area contributed by atoms with Gasteiger partial charge >= 0.3 is 0 Å². The van der Waals surface area contributed by atoms with E-state index in [1.807, 2.05) is 42.5 Å². The number of nitrogens with zero attached hydrogens (tertiary/aromatic N) is 1. The molecule has 0 bridgehead atoms. The normalized spacial score (nSPS) is 15.9. The van der Waals surface area contributed by atoms with E-state index < -0.39 is 0 Å². The third kappa shape index (κ3) is 5.50. The highest BCUT2D eigenvalue weighted by Gasteiger charge is 2.19. The largest absolute Gasteiger partial charge is 0.496 e. The standard InChI is InChI=1S/C22H29NO2/c1-24-22-10-6-5-7-20(22)13-17-23-15-11-19(12-16-23)14-18-25-21-8-3-2-4-9-21/h2-10,19H,11-18H2,1H3. The third-order valence-corrected chi connectivity index (χ3v) is 5.14. The van der Waals surface area contributed by atoms with Gasteiger partial charge in [-0.05, 0) is 68.5 Å². The van der Waals surface area contributed by atoms with Crippen LogP contribution in [0.2, 0.25) is 0 Å². The van der Waals surface area contributed by atoms with Crippen LogP contribution in [0, 0.1) is 5.92 Å². The van der Waals surface area contributed by atoms with Crippen molar-refractivity contribution in [1.29, 1.82) is 0 Å². The molecule has 0 atom stereocenters. The quantitative estimate of drug-likeness (QED) is 0.711. The molecular formula is C22H29NO2. The topological polar surface area (TPSA) is 21.7 Å². The van der Waals surface area contributed by atoms with Gasteiger partial charge in [0.05, 0.1) is 13.7 Å². The molecule has 0 amide bonds. The zero-order chi connectivity index (χ0) is 17.3. The van der Waals surface area contributed by atoms with Crippen LogP contribution in [-0.4, -0.2) is 38.3 Å². The first kappa shape index (κ1) is 17.8. The molecule has 2 aromatic carbocycles. The molecule has 1 heterocycles. The molecule has 3 rings (SSSR count). The van der Waals surface area contributed by atoms with Crippen molar-refractivity contribution in [3.05, 3.63) is 60.2 Å². The molecule has 3 heteroatoms. The molecule has 0 spiro atoms. The number of para-hydroxylation sites is 2. The van der Waals surface area contributed by atoms with Crippen LogP contribution in [0.1, 0.15) is 24.8 Å². The number of hydrogen-bond donors (Lipinski definition) is 0. The molecule has 134 valence electrons. The number of rotatable bonds is 8. The minimum Gasteiger partial charge on any atom is -0.496 e. The number of piperidine rings is 1. The van der Waals surface area contributed by atoms with Crippen molar-refractivity contribution in [2.45, 2.75) is 25.7 Å². The Kier molecular flexibility index (Phi) is 6.75. The maximum absolute atomic E-state index is 5.84. The van der Waals surface area contributed by atoms with E-state index >= 15 is 0 Å². The van der Waals surface area contributed by atoms with E-state index in [1.54, 1.807) is 7.11 Å². The number of benzene rings is 2. The highest BCUT2D eigenvalue weighted by Crippen LogP contribution is 2.23. The Labute approximate surface area is 151 Å². The molecule has 0 N–H and O–H groups in total. The zero-order valence-corrected chi connectivity index (χ0v) is 15.2. The van der Waals surface area contributed by atoms with Crippen molar-refractivity contribution in [2.24, 2.45) is 5.92 Å². The van der Waals surface area contributed by atoms with Crippen LogP contribution in [-0.2, 0) is 6.42 Å². The Morgan fingerprint density at radius 1 is 0.960 bits per heavy atom. The van der Waals surface area contributed by atoms with Crippen LogP contribution in [0.15, 0.2) is 54.6 Å². The number of ether oxygens (including phenoxy) is 2. The van der Waals surface area contributed by atoms with Gasteiger partial charge < -0.3 is 14.4 Å². The molecular weight excluding hydrogens is 310 g/mol. The van der Waals surface area contributed by atoms with Gasteiger partial charge in [0.25, 0.3) is 0 Å². The minimum atomic E-state index is 0.797. The fourth-order valence-electron chi connectivity index (χ4n) is 3.55. The summed E-state index contributed by atoms with van der Waals surface area (Å²) in [5.41, 5.74) is 1.31. The Hall–Kier alpha value is -2.00. The number of methoxy groups -OCH3 is 1. The molecule has 1 fully saturated rings. The lowest BCUT2D eigenvalue weighted by molar-refractivity contribution is 0.164. The first-order valence-corrected chi connectivity index (χ1v) is 9.37. The first-order chi connectivity index (χ1) is 12.3. The van der Waals surface area contributed by atoms with Gasteiger partial charge in [0.2, 0.25) is 0 Å². The zero-order valence-electron chi connectivity index (χ0n) is 15.2. The van der Waals surface area contributed by atoms with Crippen LogP contribution < -0.4 is 9.47 Å². The van der Waals surface area contributed by atoms with Crippen molar-refractivity contribution in [1.82, 2.24) is 4.90 Å². The summed E-state index contributed by atoms with van der Waals surface area (Å²) in [6.45, 7) is 4.35. The molecule has 0 saturated carbocycles. The molecule has 0 aromatic heterocycles. The second kappa shape index (κ2) is 9.47. The molecule has 3 nitrogen and oxygen atoms in total. The van der Waals surface area contributed by atoms with Gasteiger partial charge in [0.15, 0.2) is 0 Å². The third-order valence-electron chi connectivity index (χ3n) is 5.14. The van der Waals surface area contributed by atoms with Crippen molar-refractivity contribution in [3.8, 4) is 11.5 Å².